The Hall–Kier alpha value is -4.20. The Morgan fingerprint density at radius 2 is 1.97 bits per heavy atom. The van der Waals surface area contributed by atoms with Crippen molar-refractivity contribution < 1.29 is 18.0 Å². The number of aromatic nitrogens is 3. The van der Waals surface area contributed by atoms with Gasteiger partial charge in [0.05, 0.1) is 29.1 Å². The molecule has 1 amide bonds. The van der Waals surface area contributed by atoms with Crippen molar-refractivity contribution in [1.82, 2.24) is 20.3 Å². The number of nitrogens with zero attached hydrogens (tertiary/aromatic N) is 4. The highest BCUT2D eigenvalue weighted by Gasteiger charge is 2.35. The van der Waals surface area contributed by atoms with E-state index in [-0.39, 0.29) is 30.0 Å². The van der Waals surface area contributed by atoms with Crippen LogP contribution in [0.5, 0.6) is 0 Å². The predicted molar refractivity (Wildman–Crippen MR) is 118 cm³/mol. The fourth-order valence-corrected chi connectivity index (χ4v) is 3.76. The largest absolute Gasteiger partial charge is 0.417 e. The van der Waals surface area contributed by atoms with Gasteiger partial charge in [-0.25, -0.2) is 15.0 Å². The number of hydrogen-bond acceptors (Lipinski definition) is 7. The number of nitriles is 1. The number of anilines is 2. The molecular weight excluding hydrogens is 447 g/mol. The van der Waals surface area contributed by atoms with Gasteiger partial charge in [0.1, 0.15) is 11.9 Å². The van der Waals surface area contributed by atoms with Crippen molar-refractivity contribution in [3.05, 3.63) is 76.2 Å². The Labute approximate surface area is 193 Å². The van der Waals surface area contributed by atoms with E-state index in [4.69, 9.17) is 0 Å². The molecule has 8 nitrogen and oxygen atoms in total. The molecule has 0 aliphatic carbocycles. The van der Waals surface area contributed by atoms with Gasteiger partial charge in [0.2, 0.25) is 5.95 Å². The van der Waals surface area contributed by atoms with E-state index in [0.29, 0.717) is 22.6 Å². The van der Waals surface area contributed by atoms with Gasteiger partial charge in [-0.15, -0.1) is 0 Å². The Bertz CT molecular complexity index is 1270. The highest BCUT2D eigenvalue weighted by atomic mass is 19.4. The van der Waals surface area contributed by atoms with Crippen molar-refractivity contribution in [3.63, 3.8) is 0 Å². The molecule has 174 valence electrons. The van der Waals surface area contributed by atoms with Crippen molar-refractivity contribution in [1.29, 1.82) is 5.26 Å². The third-order valence-corrected chi connectivity index (χ3v) is 5.61. The third kappa shape index (κ3) is 4.47. The minimum atomic E-state index is -4.53. The van der Waals surface area contributed by atoms with Crippen LogP contribution < -0.4 is 16.0 Å². The van der Waals surface area contributed by atoms with Crippen molar-refractivity contribution in [2.24, 2.45) is 0 Å². The standard InChI is InChI=1S/C23H20F3N7O/c1-12(13-3-5-14(6-4-13)21(34)28-2)32-22-31-9-15(8-27)19(33-22)18-11-30-20-17(18)7-16(10-29-20)23(24,25)26/h3-7,9-10,12,18H,11H2,1-2H3,(H,28,34)(H,29,30)(H,31,32,33)/t12-,18?/m1/s1. The molecule has 1 aliphatic heterocycles. The molecular formula is C23H20F3N7O. The topological polar surface area (TPSA) is 116 Å². The number of nitrogens with one attached hydrogen (secondary N) is 3. The first kappa shape index (κ1) is 23.0. The maximum Gasteiger partial charge on any atom is 0.417 e. The summed E-state index contributed by atoms with van der Waals surface area (Å²) in [4.78, 5) is 24.3. The summed E-state index contributed by atoms with van der Waals surface area (Å²) in [5.41, 5.74) is 1.34. The van der Waals surface area contributed by atoms with E-state index < -0.39 is 17.7 Å². The van der Waals surface area contributed by atoms with E-state index in [9.17, 15) is 23.2 Å². The molecule has 1 unspecified atom stereocenters. The second kappa shape index (κ2) is 8.97. The van der Waals surface area contributed by atoms with Gasteiger partial charge in [0.25, 0.3) is 5.91 Å². The molecule has 0 saturated heterocycles. The molecule has 2 atom stereocenters. The van der Waals surface area contributed by atoms with E-state index in [1.54, 1.807) is 31.3 Å². The number of carbonyl (C=O) groups is 1. The zero-order valence-corrected chi connectivity index (χ0v) is 18.2. The summed E-state index contributed by atoms with van der Waals surface area (Å²) >= 11 is 0. The van der Waals surface area contributed by atoms with Crippen LogP contribution in [0.1, 0.15) is 57.2 Å². The summed E-state index contributed by atoms with van der Waals surface area (Å²) in [6.07, 6.45) is -2.40. The van der Waals surface area contributed by atoms with Crippen molar-refractivity contribution in [2.75, 3.05) is 24.2 Å². The van der Waals surface area contributed by atoms with Gasteiger partial charge >= 0.3 is 6.18 Å². The molecule has 0 saturated carbocycles. The number of amides is 1. The van der Waals surface area contributed by atoms with Gasteiger partial charge in [-0.2, -0.15) is 18.4 Å². The number of carbonyl (C=O) groups excluding carboxylic acids is 1. The lowest BCUT2D eigenvalue weighted by molar-refractivity contribution is -0.137. The van der Waals surface area contributed by atoms with Gasteiger partial charge in [-0.05, 0) is 30.7 Å². The lowest BCUT2D eigenvalue weighted by Gasteiger charge is -2.17. The molecule has 34 heavy (non-hydrogen) atoms. The zero-order chi connectivity index (χ0) is 24.5. The van der Waals surface area contributed by atoms with Crippen LogP contribution in [-0.4, -0.2) is 34.5 Å². The van der Waals surface area contributed by atoms with Crippen molar-refractivity contribution in [3.8, 4) is 6.07 Å². The van der Waals surface area contributed by atoms with Gasteiger partial charge in [-0.3, -0.25) is 4.79 Å². The first-order valence-corrected chi connectivity index (χ1v) is 10.4. The number of alkyl halides is 3. The first-order chi connectivity index (χ1) is 16.2. The van der Waals surface area contributed by atoms with Gasteiger partial charge < -0.3 is 16.0 Å². The molecule has 2 aromatic heterocycles. The Morgan fingerprint density at radius 3 is 2.62 bits per heavy atom. The van der Waals surface area contributed by atoms with Crippen LogP contribution in [0.4, 0.5) is 24.9 Å². The molecule has 3 N–H and O–H groups in total. The number of hydrogen-bond donors (Lipinski definition) is 3. The number of halogens is 3. The lowest BCUT2D eigenvalue weighted by atomic mass is 9.95. The number of pyridine rings is 1. The Kier molecular flexibility index (Phi) is 6.06. The van der Waals surface area contributed by atoms with Crippen LogP contribution in [-0.2, 0) is 6.18 Å². The van der Waals surface area contributed by atoms with E-state index in [1.165, 1.54) is 6.20 Å². The second-order valence-corrected chi connectivity index (χ2v) is 7.76. The van der Waals surface area contributed by atoms with E-state index in [0.717, 1.165) is 17.8 Å². The average molecular weight is 467 g/mol. The normalized spacial score (nSPS) is 15.6. The summed E-state index contributed by atoms with van der Waals surface area (Å²) in [5, 5.41) is 18.2. The van der Waals surface area contributed by atoms with Crippen LogP contribution in [0.2, 0.25) is 0 Å². The Morgan fingerprint density at radius 1 is 1.24 bits per heavy atom. The first-order valence-electron chi connectivity index (χ1n) is 10.4. The zero-order valence-electron chi connectivity index (χ0n) is 18.2. The summed E-state index contributed by atoms with van der Waals surface area (Å²) in [7, 11) is 1.55. The maximum atomic E-state index is 13.2. The number of benzene rings is 1. The van der Waals surface area contributed by atoms with Crippen LogP contribution >= 0.6 is 0 Å². The molecule has 4 rings (SSSR count). The summed E-state index contributed by atoms with van der Waals surface area (Å²) < 4.78 is 39.7. The summed E-state index contributed by atoms with van der Waals surface area (Å²) in [6, 6.07) is 9.82. The smallest absolute Gasteiger partial charge is 0.369 e. The van der Waals surface area contributed by atoms with Crippen molar-refractivity contribution >= 4 is 17.7 Å². The third-order valence-electron chi connectivity index (χ3n) is 5.61. The van der Waals surface area contributed by atoms with Crippen LogP contribution in [0, 0.1) is 11.3 Å². The fraction of sp³-hybridized carbons (Fsp3) is 0.261. The summed E-state index contributed by atoms with van der Waals surface area (Å²) in [5.74, 6) is -0.226. The van der Waals surface area contributed by atoms with Gasteiger partial charge in [0, 0.05) is 36.8 Å². The minimum absolute atomic E-state index is 0.171. The minimum Gasteiger partial charge on any atom is -0.369 e. The van der Waals surface area contributed by atoms with E-state index >= 15 is 0 Å². The molecule has 0 fully saturated rings. The van der Waals surface area contributed by atoms with E-state index in [1.807, 2.05) is 13.0 Å². The molecule has 3 aromatic rings. The summed E-state index contributed by atoms with van der Waals surface area (Å²) in [6.45, 7) is 2.13. The van der Waals surface area contributed by atoms with Crippen LogP contribution in [0.3, 0.4) is 0 Å². The monoisotopic (exact) mass is 467 g/mol. The molecule has 0 radical (unpaired) electrons. The van der Waals surface area contributed by atoms with Crippen LogP contribution in [0.25, 0.3) is 0 Å². The maximum absolute atomic E-state index is 13.2. The average Bonchev–Trinajstić information content (AvgIpc) is 3.26. The van der Waals surface area contributed by atoms with Gasteiger partial charge in [-0.1, -0.05) is 12.1 Å². The highest BCUT2D eigenvalue weighted by Crippen LogP contribution is 2.39. The van der Waals surface area contributed by atoms with E-state index in [2.05, 4.69) is 30.9 Å². The second-order valence-electron chi connectivity index (χ2n) is 7.76. The SMILES string of the molecule is CNC(=O)c1ccc([C@@H](C)Nc2ncc(C#N)c(C3CNc4ncc(C(F)(F)F)cc43)n2)cc1. The quantitative estimate of drug-likeness (QED) is 0.522. The molecule has 3 heterocycles. The molecule has 11 heteroatoms. The van der Waals surface area contributed by atoms with Crippen LogP contribution in [0.15, 0.2) is 42.7 Å². The molecule has 0 spiro atoms. The molecule has 1 aromatic carbocycles. The fourth-order valence-electron chi connectivity index (χ4n) is 3.76. The number of fused-ring (bicyclic) bond motifs is 1. The Balaban J connectivity index is 1.62. The molecule has 0 bridgehead atoms. The van der Waals surface area contributed by atoms with Gasteiger partial charge in [0.15, 0.2) is 0 Å². The van der Waals surface area contributed by atoms with Crippen molar-refractivity contribution in [2.45, 2.75) is 25.1 Å². The highest BCUT2D eigenvalue weighted by molar-refractivity contribution is 5.93. The lowest BCUT2D eigenvalue weighted by Crippen LogP contribution is -2.18. The predicted octanol–water partition coefficient (Wildman–Crippen LogP) is 3.85. The number of rotatable bonds is 5. The molecule has 1 aliphatic rings.